The van der Waals surface area contributed by atoms with Crippen molar-refractivity contribution in [2.45, 2.75) is 6.54 Å². The third-order valence-electron chi connectivity index (χ3n) is 5.25. The first-order valence-electron chi connectivity index (χ1n) is 9.90. The molecular weight excluding hydrogens is 368 g/mol. The summed E-state index contributed by atoms with van der Waals surface area (Å²) in [6.07, 6.45) is 0. The molecule has 0 N–H and O–H groups in total. The van der Waals surface area contributed by atoms with Crippen LogP contribution in [0.5, 0.6) is 0 Å². The highest BCUT2D eigenvalue weighted by atomic mass is 16.3. The third kappa shape index (κ3) is 3.20. The Morgan fingerprint density at radius 2 is 1.40 bits per heavy atom. The topological polar surface area (TPSA) is 37.9 Å². The smallest absolute Gasteiger partial charge is 0.136 e. The molecule has 0 spiro atoms. The molecule has 1 heterocycles. The molecule has 3 heteroatoms. The third-order valence-corrected chi connectivity index (χ3v) is 5.25. The Bertz CT molecular complexity index is 1380. The normalized spacial score (nSPS) is 11.8. The van der Waals surface area contributed by atoms with Crippen LogP contribution < -0.4 is 0 Å². The fourth-order valence-corrected chi connectivity index (χ4v) is 3.85. The second-order valence-corrected chi connectivity index (χ2v) is 7.10. The average Bonchev–Trinajstić information content (AvgIpc) is 3.19. The zero-order chi connectivity index (χ0) is 20.3. The number of furan rings is 1. The minimum atomic E-state index is 0.577. The molecule has 0 aliphatic rings. The van der Waals surface area contributed by atoms with Gasteiger partial charge in [-0.1, -0.05) is 78.9 Å². The van der Waals surface area contributed by atoms with E-state index in [9.17, 15) is 0 Å². The molecule has 0 amide bonds. The summed E-state index contributed by atoms with van der Waals surface area (Å²) in [5.41, 5.74) is 6.57. The number of nitrogens with zero attached hydrogens (tertiary/aromatic N) is 2. The lowest BCUT2D eigenvalue weighted by atomic mass is 9.96. The van der Waals surface area contributed by atoms with E-state index in [2.05, 4.69) is 42.0 Å². The monoisotopic (exact) mass is 388 g/mol. The summed E-state index contributed by atoms with van der Waals surface area (Å²) in [5.74, 6) is 0. The molecule has 3 nitrogen and oxygen atoms in total. The van der Waals surface area contributed by atoms with Gasteiger partial charge >= 0.3 is 0 Å². The van der Waals surface area contributed by atoms with Gasteiger partial charge in [-0.15, -0.1) is 0 Å². The molecule has 0 fully saturated rings. The minimum Gasteiger partial charge on any atom is -0.456 e. The van der Waals surface area contributed by atoms with Gasteiger partial charge in [-0.3, -0.25) is 9.98 Å². The highest BCUT2D eigenvalue weighted by Gasteiger charge is 2.17. The second-order valence-electron chi connectivity index (χ2n) is 7.10. The fraction of sp³-hybridized carbons (Fsp3) is 0.0370. The summed E-state index contributed by atoms with van der Waals surface area (Å²) in [6, 6.07) is 32.5. The van der Waals surface area contributed by atoms with Crippen molar-refractivity contribution in [2.24, 2.45) is 9.98 Å². The molecule has 0 unspecified atom stereocenters. The Balaban J connectivity index is 1.78. The van der Waals surface area contributed by atoms with Gasteiger partial charge in [-0.05, 0) is 30.5 Å². The van der Waals surface area contributed by atoms with Crippen LogP contribution >= 0.6 is 0 Å². The van der Waals surface area contributed by atoms with Crippen LogP contribution in [0.15, 0.2) is 111 Å². The number of fused-ring (bicyclic) bond motifs is 3. The largest absolute Gasteiger partial charge is 0.456 e. The van der Waals surface area contributed by atoms with E-state index in [-0.39, 0.29) is 0 Å². The lowest BCUT2D eigenvalue weighted by Gasteiger charge is -2.12. The first kappa shape index (κ1) is 18.1. The van der Waals surface area contributed by atoms with Gasteiger partial charge in [-0.2, -0.15) is 0 Å². The van der Waals surface area contributed by atoms with Gasteiger partial charge in [0.25, 0.3) is 0 Å². The van der Waals surface area contributed by atoms with Crippen molar-refractivity contribution in [1.29, 1.82) is 0 Å². The van der Waals surface area contributed by atoms with Crippen molar-refractivity contribution in [3.8, 4) is 0 Å². The summed E-state index contributed by atoms with van der Waals surface area (Å²) >= 11 is 0. The standard InChI is InChI=1S/C27H20N2O/c1-28-23-15-7-5-12-20(23)27(29-18-19-10-3-2-4-11-19)22-14-9-17-25-26(22)21-13-6-8-16-24(21)30-25/h2-17H,1,18H2. The van der Waals surface area contributed by atoms with Gasteiger partial charge in [-0.25, -0.2) is 0 Å². The van der Waals surface area contributed by atoms with Gasteiger partial charge in [0.1, 0.15) is 11.2 Å². The lowest BCUT2D eigenvalue weighted by Crippen LogP contribution is -2.05. The van der Waals surface area contributed by atoms with E-state index < -0.39 is 0 Å². The second kappa shape index (κ2) is 7.80. The van der Waals surface area contributed by atoms with E-state index in [4.69, 9.17) is 9.41 Å². The lowest BCUT2D eigenvalue weighted by molar-refractivity contribution is 0.669. The molecule has 0 aliphatic heterocycles. The van der Waals surface area contributed by atoms with Crippen LogP contribution in [0.1, 0.15) is 16.7 Å². The van der Waals surface area contributed by atoms with Crippen LogP contribution in [0, 0.1) is 0 Å². The molecule has 5 aromatic rings. The summed E-state index contributed by atoms with van der Waals surface area (Å²) in [7, 11) is 0. The Morgan fingerprint density at radius 1 is 0.700 bits per heavy atom. The number of para-hydroxylation sites is 2. The van der Waals surface area contributed by atoms with Crippen LogP contribution in [0.4, 0.5) is 5.69 Å². The summed E-state index contributed by atoms with van der Waals surface area (Å²) in [5, 5.41) is 2.15. The van der Waals surface area contributed by atoms with E-state index in [0.29, 0.717) is 6.54 Å². The van der Waals surface area contributed by atoms with Crippen molar-refractivity contribution < 1.29 is 4.42 Å². The maximum Gasteiger partial charge on any atom is 0.136 e. The predicted molar refractivity (Wildman–Crippen MR) is 125 cm³/mol. The Hall–Kier alpha value is -3.98. The van der Waals surface area contributed by atoms with Crippen molar-refractivity contribution in [3.05, 3.63) is 114 Å². The van der Waals surface area contributed by atoms with Crippen molar-refractivity contribution >= 4 is 40.1 Å². The highest BCUT2D eigenvalue weighted by molar-refractivity contribution is 6.25. The van der Waals surface area contributed by atoms with E-state index >= 15 is 0 Å². The number of rotatable bonds is 5. The number of benzene rings is 4. The minimum absolute atomic E-state index is 0.577. The van der Waals surface area contributed by atoms with E-state index in [1.54, 1.807) is 0 Å². The van der Waals surface area contributed by atoms with Gasteiger partial charge < -0.3 is 4.42 Å². The highest BCUT2D eigenvalue weighted by Crippen LogP contribution is 2.34. The van der Waals surface area contributed by atoms with Crippen LogP contribution in [0.2, 0.25) is 0 Å². The zero-order valence-corrected chi connectivity index (χ0v) is 16.5. The quantitative estimate of drug-likeness (QED) is 0.300. The Morgan fingerprint density at radius 3 is 2.27 bits per heavy atom. The van der Waals surface area contributed by atoms with Crippen molar-refractivity contribution in [1.82, 2.24) is 0 Å². The van der Waals surface area contributed by atoms with Crippen LogP contribution in [-0.2, 0) is 6.54 Å². The SMILES string of the molecule is C=Nc1ccccc1C(=NCc1ccccc1)c1cccc2oc3ccccc3c12. The molecule has 0 saturated heterocycles. The van der Waals surface area contributed by atoms with E-state index in [1.165, 1.54) is 0 Å². The maximum atomic E-state index is 6.11. The van der Waals surface area contributed by atoms with Crippen LogP contribution in [0.3, 0.4) is 0 Å². The Kier molecular flexibility index (Phi) is 4.70. The van der Waals surface area contributed by atoms with E-state index in [0.717, 1.165) is 50.0 Å². The van der Waals surface area contributed by atoms with Crippen molar-refractivity contribution in [2.75, 3.05) is 0 Å². The van der Waals surface area contributed by atoms with E-state index in [1.807, 2.05) is 66.7 Å². The van der Waals surface area contributed by atoms with Crippen molar-refractivity contribution in [3.63, 3.8) is 0 Å². The maximum absolute atomic E-state index is 6.11. The molecule has 0 radical (unpaired) electrons. The van der Waals surface area contributed by atoms with Gasteiger partial charge in [0.05, 0.1) is 17.9 Å². The predicted octanol–water partition coefficient (Wildman–Crippen LogP) is 6.96. The molecule has 1 aromatic heterocycles. The summed E-state index contributed by atoms with van der Waals surface area (Å²) < 4.78 is 6.11. The van der Waals surface area contributed by atoms with Gasteiger partial charge in [0.2, 0.25) is 0 Å². The zero-order valence-electron chi connectivity index (χ0n) is 16.5. The number of aliphatic imine (C=N–C) groups is 2. The molecular formula is C27H20N2O. The number of hydrogen-bond acceptors (Lipinski definition) is 3. The van der Waals surface area contributed by atoms with Crippen LogP contribution in [0.25, 0.3) is 21.9 Å². The molecule has 5 rings (SSSR count). The molecule has 30 heavy (non-hydrogen) atoms. The number of hydrogen-bond donors (Lipinski definition) is 0. The molecule has 0 bridgehead atoms. The molecule has 0 saturated carbocycles. The molecule has 144 valence electrons. The first-order valence-corrected chi connectivity index (χ1v) is 9.90. The fourth-order valence-electron chi connectivity index (χ4n) is 3.85. The van der Waals surface area contributed by atoms with Gasteiger partial charge in [0.15, 0.2) is 0 Å². The first-order chi connectivity index (χ1) is 14.8. The Labute approximate surface area is 175 Å². The summed E-state index contributed by atoms with van der Waals surface area (Å²) in [4.78, 5) is 9.31. The summed E-state index contributed by atoms with van der Waals surface area (Å²) in [6.45, 7) is 4.34. The molecule has 0 aliphatic carbocycles. The molecule has 0 atom stereocenters. The van der Waals surface area contributed by atoms with Gasteiger partial charge in [0, 0.05) is 21.9 Å². The van der Waals surface area contributed by atoms with Crippen LogP contribution in [-0.4, -0.2) is 12.4 Å². The molecule has 4 aromatic carbocycles. The average molecular weight is 388 g/mol.